The predicted molar refractivity (Wildman–Crippen MR) is 48.2 cm³/mol. The molecule has 1 aliphatic rings. The smallest absolute Gasteiger partial charge is 0.0606 e. The van der Waals surface area contributed by atoms with Gasteiger partial charge in [0.2, 0.25) is 0 Å². The van der Waals surface area contributed by atoms with Gasteiger partial charge in [0, 0.05) is 11.5 Å². The normalized spacial score (nSPS) is 25.3. The van der Waals surface area contributed by atoms with E-state index >= 15 is 0 Å². The van der Waals surface area contributed by atoms with Crippen molar-refractivity contribution in [2.45, 2.75) is 24.9 Å². The second-order valence-electron chi connectivity index (χ2n) is 2.87. The van der Waals surface area contributed by atoms with Crippen LogP contribution >= 0.6 is 23.5 Å². The highest BCUT2D eigenvalue weighted by molar-refractivity contribution is 8.21. The fourth-order valence-electron chi connectivity index (χ4n) is 0.864. The molecule has 0 nitrogen and oxygen atoms in total. The van der Waals surface area contributed by atoms with E-state index in [1.807, 2.05) is 0 Å². The van der Waals surface area contributed by atoms with Crippen LogP contribution in [-0.4, -0.2) is 15.6 Å². The minimum Gasteiger partial charge on any atom is -0.143 e. The Bertz CT molecular complexity index is 93.1. The molecular weight excluding hydrogens is 148 g/mol. The molecule has 9 heavy (non-hydrogen) atoms. The molecule has 0 aromatic carbocycles. The fraction of sp³-hybridized carbons (Fsp3) is 1.00. The highest BCUT2D eigenvalue weighted by Crippen LogP contribution is 2.48. The number of rotatable bonds is 1. The van der Waals surface area contributed by atoms with Crippen LogP contribution in [0.1, 0.15) is 20.8 Å². The van der Waals surface area contributed by atoms with Crippen molar-refractivity contribution in [1.82, 2.24) is 0 Å². The van der Waals surface area contributed by atoms with Gasteiger partial charge in [-0.15, -0.1) is 23.5 Å². The van der Waals surface area contributed by atoms with Crippen molar-refractivity contribution in [1.29, 1.82) is 0 Å². The molecule has 2 heteroatoms. The summed E-state index contributed by atoms with van der Waals surface area (Å²) in [5.74, 6) is 3.51. The lowest BCUT2D eigenvalue weighted by molar-refractivity contribution is 0.608. The first-order valence-electron chi connectivity index (χ1n) is 3.43. The van der Waals surface area contributed by atoms with Gasteiger partial charge in [-0.25, -0.2) is 0 Å². The quantitative estimate of drug-likeness (QED) is 0.581. The van der Waals surface area contributed by atoms with Gasteiger partial charge in [-0.3, -0.25) is 0 Å². The summed E-state index contributed by atoms with van der Waals surface area (Å²) in [5, 5.41) is 0. The van der Waals surface area contributed by atoms with Crippen LogP contribution in [0.2, 0.25) is 0 Å². The summed E-state index contributed by atoms with van der Waals surface area (Å²) in [6, 6.07) is 0. The van der Waals surface area contributed by atoms with Gasteiger partial charge < -0.3 is 0 Å². The number of hydrogen-bond donors (Lipinski definition) is 0. The predicted octanol–water partition coefficient (Wildman–Crippen LogP) is 2.84. The highest BCUT2D eigenvalue weighted by atomic mass is 32.2. The molecule has 0 radical (unpaired) electrons. The Morgan fingerprint density at radius 3 is 1.89 bits per heavy atom. The fourth-order valence-corrected chi connectivity index (χ4v) is 3.84. The molecule has 0 aliphatic carbocycles. The van der Waals surface area contributed by atoms with Crippen LogP contribution in [0.4, 0.5) is 0 Å². The zero-order valence-electron chi connectivity index (χ0n) is 6.31. The zero-order valence-corrected chi connectivity index (χ0v) is 7.94. The lowest BCUT2D eigenvalue weighted by Crippen LogP contribution is -2.19. The monoisotopic (exact) mass is 162 g/mol. The third-order valence-corrected chi connectivity index (χ3v) is 5.78. The molecule has 54 valence electrons. The molecule has 1 rings (SSSR count). The SMILES string of the molecule is CC(C)C1(C)SCCS1. The second-order valence-corrected chi connectivity index (χ2v) is 6.22. The van der Waals surface area contributed by atoms with Crippen molar-refractivity contribution in [3.8, 4) is 0 Å². The first-order valence-corrected chi connectivity index (χ1v) is 5.40. The van der Waals surface area contributed by atoms with E-state index in [1.54, 1.807) is 0 Å². The van der Waals surface area contributed by atoms with Crippen molar-refractivity contribution < 1.29 is 0 Å². The molecule has 0 aromatic rings. The highest BCUT2D eigenvalue weighted by Gasteiger charge is 2.33. The van der Waals surface area contributed by atoms with E-state index < -0.39 is 0 Å². The molecule has 0 amide bonds. The van der Waals surface area contributed by atoms with E-state index in [0.717, 1.165) is 5.92 Å². The van der Waals surface area contributed by atoms with Gasteiger partial charge in [0.25, 0.3) is 0 Å². The molecule has 0 unspecified atom stereocenters. The molecule has 0 saturated carbocycles. The van der Waals surface area contributed by atoms with Crippen molar-refractivity contribution >= 4 is 23.5 Å². The maximum atomic E-state index is 2.36. The summed E-state index contributed by atoms with van der Waals surface area (Å²) in [4.78, 5) is 0. The summed E-state index contributed by atoms with van der Waals surface area (Å²) in [6.45, 7) is 6.98. The Morgan fingerprint density at radius 2 is 1.67 bits per heavy atom. The summed E-state index contributed by atoms with van der Waals surface area (Å²) < 4.78 is 0.528. The summed E-state index contributed by atoms with van der Waals surface area (Å²) in [6.07, 6.45) is 0. The summed E-state index contributed by atoms with van der Waals surface area (Å²) in [5.41, 5.74) is 0. The maximum absolute atomic E-state index is 2.36. The van der Waals surface area contributed by atoms with Crippen LogP contribution < -0.4 is 0 Å². The van der Waals surface area contributed by atoms with E-state index in [1.165, 1.54) is 11.5 Å². The van der Waals surface area contributed by atoms with Crippen LogP contribution in [0, 0.1) is 5.92 Å². The molecule has 0 atom stereocenters. The third kappa shape index (κ3) is 1.58. The minimum atomic E-state index is 0.528. The van der Waals surface area contributed by atoms with Crippen LogP contribution in [0.5, 0.6) is 0 Å². The number of hydrogen-bond acceptors (Lipinski definition) is 2. The molecule has 0 N–H and O–H groups in total. The molecule has 0 aromatic heterocycles. The van der Waals surface area contributed by atoms with Gasteiger partial charge in [-0.2, -0.15) is 0 Å². The average molecular weight is 162 g/mol. The lowest BCUT2D eigenvalue weighted by atomic mass is 10.1. The van der Waals surface area contributed by atoms with E-state index in [4.69, 9.17) is 0 Å². The van der Waals surface area contributed by atoms with Crippen LogP contribution in [0.15, 0.2) is 0 Å². The van der Waals surface area contributed by atoms with Gasteiger partial charge in [-0.1, -0.05) is 13.8 Å². The molecular formula is C7H14S2. The molecule has 1 saturated heterocycles. The maximum Gasteiger partial charge on any atom is 0.0606 e. The Labute approximate surface area is 66.2 Å². The largest absolute Gasteiger partial charge is 0.143 e. The molecule has 0 spiro atoms. The van der Waals surface area contributed by atoms with E-state index in [-0.39, 0.29) is 0 Å². The van der Waals surface area contributed by atoms with Gasteiger partial charge in [-0.05, 0) is 12.8 Å². The van der Waals surface area contributed by atoms with E-state index in [9.17, 15) is 0 Å². The van der Waals surface area contributed by atoms with E-state index in [0.29, 0.717) is 4.08 Å². The second kappa shape index (κ2) is 2.75. The Kier molecular flexibility index (Phi) is 2.38. The van der Waals surface area contributed by atoms with E-state index in [2.05, 4.69) is 44.3 Å². The van der Waals surface area contributed by atoms with Crippen LogP contribution in [-0.2, 0) is 0 Å². The summed E-state index contributed by atoms with van der Waals surface area (Å²) >= 11 is 4.23. The topological polar surface area (TPSA) is 0 Å². The first-order chi connectivity index (χ1) is 4.15. The third-order valence-electron chi connectivity index (χ3n) is 1.91. The van der Waals surface area contributed by atoms with Gasteiger partial charge in [0.1, 0.15) is 0 Å². The van der Waals surface area contributed by atoms with Crippen LogP contribution in [0.25, 0.3) is 0 Å². The first kappa shape index (κ1) is 7.80. The van der Waals surface area contributed by atoms with Crippen molar-refractivity contribution in [2.24, 2.45) is 5.92 Å². The minimum absolute atomic E-state index is 0.528. The van der Waals surface area contributed by atoms with Gasteiger partial charge in [0.15, 0.2) is 0 Å². The average Bonchev–Trinajstić information content (AvgIpc) is 2.16. The molecule has 1 fully saturated rings. The Balaban J connectivity index is 2.51. The molecule has 1 heterocycles. The summed E-state index contributed by atoms with van der Waals surface area (Å²) in [7, 11) is 0. The molecule has 0 bridgehead atoms. The van der Waals surface area contributed by atoms with Crippen molar-refractivity contribution in [3.63, 3.8) is 0 Å². The standard InChI is InChI=1S/C7H14S2/c1-6(2)7(3)8-4-5-9-7/h6H,4-5H2,1-3H3. The lowest BCUT2D eigenvalue weighted by Gasteiger charge is -2.25. The molecule has 1 aliphatic heterocycles. The van der Waals surface area contributed by atoms with Crippen molar-refractivity contribution in [3.05, 3.63) is 0 Å². The number of thioether (sulfide) groups is 2. The Hall–Kier alpha value is 0.700. The zero-order chi connectivity index (χ0) is 6.91. The van der Waals surface area contributed by atoms with Gasteiger partial charge in [0.05, 0.1) is 4.08 Å². The Morgan fingerprint density at radius 1 is 1.22 bits per heavy atom. The van der Waals surface area contributed by atoms with Gasteiger partial charge >= 0.3 is 0 Å². The van der Waals surface area contributed by atoms with Crippen molar-refractivity contribution in [2.75, 3.05) is 11.5 Å². The van der Waals surface area contributed by atoms with Crippen LogP contribution in [0.3, 0.4) is 0 Å².